The number of carbonyl (C=O) groups excluding carboxylic acids is 1. The first-order valence-electron chi connectivity index (χ1n) is 5.78. The van der Waals surface area contributed by atoms with Crippen LogP contribution in [-0.2, 0) is 4.79 Å². The molecule has 1 aromatic carbocycles. The molecular weight excluding hydrogens is 230 g/mol. The molecule has 98 valence electrons. The zero-order valence-corrected chi connectivity index (χ0v) is 11.5. The van der Waals surface area contributed by atoms with E-state index in [9.17, 15) is 4.79 Å². The van der Waals surface area contributed by atoms with E-state index in [4.69, 9.17) is 9.47 Å². The summed E-state index contributed by atoms with van der Waals surface area (Å²) in [5.74, 6) is 1.29. The third-order valence-corrected chi connectivity index (χ3v) is 2.78. The van der Waals surface area contributed by atoms with E-state index in [-0.39, 0.29) is 5.78 Å². The van der Waals surface area contributed by atoms with Crippen LogP contribution in [0.15, 0.2) is 23.2 Å². The lowest BCUT2D eigenvalue weighted by molar-refractivity contribution is -0.122. The molecule has 0 aliphatic rings. The first kappa shape index (κ1) is 14.2. The molecule has 1 atom stereocenters. The van der Waals surface area contributed by atoms with E-state index in [0.29, 0.717) is 11.5 Å². The summed E-state index contributed by atoms with van der Waals surface area (Å²) in [6, 6.07) is 5.46. The molecule has 18 heavy (non-hydrogen) atoms. The van der Waals surface area contributed by atoms with Crippen molar-refractivity contribution in [3.63, 3.8) is 0 Å². The van der Waals surface area contributed by atoms with Crippen molar-refractivity contribution >= 4 is 11.5 Å². The van der Waals surface area contributed by atoms with Crippen LogP contribution in [0.1, 0.15) is 26.3 Å². The average Bonchev–Trinajstić information content (AvgIpc) is 2.37. The molecule has 4 heteroatoms. The Morgan fingerprint density at radius 3 is 2.50 bits per heavy atom. The molecule has 1 rings (SSSR count). The lowest BCUT2D eigenvalue weighted by Crippen LogP contribution is -2.20. The number of ether oxygens (including phenoxy) is 2. The van der Waals surface area contributed by atoms with E-state index in [2.05, 4.69) is 4.99 Å². The molecule has 0 unspecified atom stereocenters. The van der Waals surface area contributed by atoms with E-state index in [1.54, 1.807) is 27.1 Å². The Labute approximate surface area is 108 Å². The van der Waals surface area contributed by atoms with Crippen molar-refractivity contribution in [2.24, 2.45) is 4.99 Å². The van der Waals surface area contributed by atoms with Gasteiger partial charge in [0, 0.05) is 24.4 Å². The van der Waals surface area contributed by atoms with Crippen molar-refractivity contribution < 1.29 is 14.3 Å². The first-order valence-corrected chi connectivity index (χ1v) is 5.78. The van der Waals surface area contributed by atoms with Gasteiger partial charge < -0.3 is 9.47 Å². The van der Waals surface area contributed by atoms with Crippen molar-refractivity contribution in [3.8, 4) is 11.5 Å². The summed E-state index contributed by atoms with van der Waals surface area (Å²) in [6.07, 6.45) is -0.457. The standard InChI is InChI=1S/C14H19NO3/c1-9(15-4)13-7-6-12(8-14(13)17-5)18-11(3)10(2)16/h6-8,11H,1-5H3/t11-/m0/s1. The van der Waals surface area contributed by atoms with Gasteiger partial charge in [0.15, 0.2) is 11.9 Å². The van der Waals surface area contributed by atoms with Crippen LogP contribution in [0.25, 0.3) is 0 Å². The second-order valence-corrected chi connectivity index (χ2v) is 4.04. The number of aliphatic imine (C=N–C) groups is 1. The zero-order valence-electron chi connectivity index (χ0n) is 11.5. The number of ketones is 1. The van der Waals surface area contributed by atoms with Crippen LogP contribution in [-0.4, -0.2) is 31.8 Å². The lowest BCUT2D eigenvalue weighted by Gasteiger charge is -2.14. The maximum absolute atomic E-state index is 11.1. The number of hydrogen-bond acceptors (Lipinski definition) is 4. The summed E-state index contributed by atoms with van der Waals surface area (Å²) >= 11 is 0. The van der Waals surface area contributed by atoms with E-state index < -0.39 is 6.10 Å². The molecule has 0 aromatic heterocycles. The van der Waals surface area contributed by atoms with Gasteiger partial charge in [0.25, 0.3) is 0 Å². The minimum Gasteiger partial charge on any atom is -0.496 e. The molecule has 0 saturated carbocycles. The quantitative estimate of drug-likeness (QED) is 0.753. The molecule has 0 spiro atoms. The Morgan fingerprint density at radius 1 is 1.33 bits per heavy atom. The minimum absolute atomic E-state index is 0.00987. The van der Waals surface area contributed by atoms with Crippen LogP contribution in [0, 0.1) is 0 Å². The SMILES string of the molecule is CN=C(C)c1ccc(O[C@@H](C)C(C)=O)cc1OC. The van der Waals surface area contributed by atoms with Crippen LogP contribution in [0.2, 0.25) is 0 Å². The van der Waals surface area contributed by atoms with E-state index in [1.807, 2.05) is 19.1 Å². The van der Waals surface area contributed by atoms with Gasteiger partial charge >= 0.3 is 0 Å². The van der Waals surface area contributed by atoms with Crippen molar-refractivity contribution in [2.45, 2.75) is 26.9 Å². The fourth-order valence-corrected chi connectivity index (χ4v) is 1.45. The fraction of sp³-hybridized carbons (Fsp3) is 0.429. The monoisotopic (exact) mass is 249 g/mol. The molecule has 0 heterocycles. The average molecular weight is 249 g/mol. The third-order valence-electron chi connectivity index (χ3n) is 2.78. The molecule has 0 aliphatic carbocycles. The Morgan fingerprint density at radius 2 is 2.00 bits per heavy atom. The molecule has 0 aliphatic heterocycles. The molecule has 4 nitrogen and oxygen atoms in total. The zero-order chi connectivity index (χ0) is 13.7. The summed E-state index contributed by atoms with van der Waals surface area (Å²) < 4.78 is 10.8. The smallest absolute Gasteiger partial charge is 0.169 e. The van der Waals surface area contributed by atoms with Gasteiger partial charge in [-0.3, -0.25) is 9.79 Å². The topological polar surface area (TPSA) is 47.9 Å². The van der Waals surface area contributed by atoms with E-state index >= 15 is 0 Å². The third kappa shape index (κ3) is 3.32. The van der Waals surface area contributed by atoms with Crippen molar-refractivity contribution in [1.82, 2.24) is 0 Å². The summed E-state index contributed by atoms with van der Waals surface area (Å²) in [6.45, 7) is 5.14. The second kappa shape index (κ2) is 6.19. The number of benzene rings is 1. The van der Waals surface area contributed by atoms with E-state index in [0.717, 1.165) is 11.3 Å². The normalized spacial score (nSPS) is 13.1. The van der Waals surface area contributed by atoms with Gasteiger partial charge in [-0.25, -0.2) is 0 Å². The highest BCUT2D eigenvalue weighted by molar-refractivity contribution is 6.01. The fourth-order valence-electron chi connectivity index (χ4n) is 1.45. The highest BCUT2D eigenvalue weighted by Gasteiger charge is 2.12. The van der Waals surface area contributed by atoms with Gasteiger partial charge in [0.2, 0.25) is 0 Å². The largest absolute Gasteiger partial charge is 0.496 e. The minimum atomic E-state index is -0.457. The molecule has 0 radical (unpaired) electrons. The van der Waals surface area contributed by atoms with Crippen molar-refractivity contribution in [1.29, 1.82) is 0 Å². The number of methoxy groups -OCH3 is 1. The van der Waals surface area contributed by atoms with Crippen molar-refractivity contribution in [2.75, 3.05) is 14.2 Å². The highest BCUT2D eigenvalue weighted by Crippen LogP contribution is 2.26. The Kier molecular flexibility index (Phi) is 4.89. The number of nitrogens with zero attached hydrogens (tertiary/aromatic N) is 1. The van der Waals surface area contributed by atoms with Gasteiger partial charge in [-0.2, -0.15) is 0 Å². The Balaban J connectivity index is 3.02. The predicted octanol–water partition coefficient (Wildman–Crippen LogP) is 2.49. The van der Waals surface area contributed by atoms with Crippen LogP contribution < -0.4 is 9.47 Å². The molecule has 1 aromatic rings. The number of Topliss-reactive ketones (excluding diaryl/α,β-unsaturated/α-hetero) is 1. The van der Waals surface area contributed by atoms with Crippen LogP contribution >= 0.6 is 0 Å². The first-order chi connectivity index (χ1) is 8.49. The van der Waals surface area contributed by atoms with E-state index in [1.165, 1.54) is 6.92 Å². The summed E-state index contributed by atoms with van der Waals surface area (Å²) in [7, 11) is 3.33. The van der Waals surface area contributed by atoms with Gasteiger partial charge in [-0.15, -0.1) is 0 Å². The van der Waals surface area contributed by atoms with Crippen LogP contribution in [0.3, 0.4) is 0 Å². The number of carbonyl (C=O) groups is 1. The summed E-state index contributed by atoms with van der Waals surface area (Å²) in [4.78, 5) is 15.3. The van der Waals surface area contributed by atoms with Crippen LogP contribution in [0.5, 0.6) is 11.5 Å². The van der Waals surface area contributed by atoms with Crippen LogP contribution in [0.4, 0.5) is 0 Å². The predicted molar refractivity (Wildman–Crippen MR) is 71.9 cm³/mol. The summed E-state index contributed by atoms with van der Waals surface area (Å²) in [5.41, 5.74) is 1.81. The Bertz CT molecular complexity index is 466. The molecule has 0 saturated heterocycles. The van der Waals surface area contributed by atoms with Gasteiger partial charge in [-0.05, 0) is 32.9 Å². The highest BCUT2D eigenvalue weighted by atomic mass is 16.5. The van der Waals surface area contributed by atoms with Gasteiger partial charge in [0.05, 0.1) is 7.11 Å². The molecule has 0 bridgehead atoms. The van der Waals surface area contributed by atoms with Crippen molar-refractivity contribution in [3.05, 3.63) is 23.8 Å². The second-order valence-electron chi connectivity index (χ2n) is 4.04. The number of rotatable bonds is 5. The van der Waals surface area contributed by atoms with Gasteiger partial charge in [0.1, 0.15) is 11.5 Å². The molecular formula is C14H19NO3. The number of hydrogen-bond donors (Lipinski definition) is 0. The molecule has 0 N–H and O–H groups in total. The molecule has 0 amide bonds. The molecule has 0 fully saturated rings. The Hall–Kier alpha value is -1.84. The maximum Gasteiger partial charge on any atom is 0.169 e. The van der Waals surface area contributed by atoms with Gasteiger partial charge in [-0.1, -0.05) is 0 Å². The maximum atomic E-state index is 11.1. The summed E-state index contributed by atoms with van der Waals surface area (Å²) in [5, 5.41) is 0. The lowest BCUT2D eigenvalue weighted by atomic mass is 10.1.